The molecular weight excluding hydrogens is 524 g/mol. The van der Waals surface area contributed by atoms with Crippen molar-refractivity contribution in [1.82, 2.24) is 20.1 Å². The van der Waals surface area contributed by atoms with Crippen molar-refractivity contribution in [1.29, 1.82) is 0 Å². The maximum Gasteiger partial charge on any atom is 0.374 e. The van der Waals surface area contributed by atoms with Gasteiger partial charge in [0, 0.05) is 18.8 Å². The SMILES string of the molecule is CC(C)C1C(=O)N(CC(=O)N[C@@H](Cc2ccccc2)C(=O)C(=O)O)C(c2ccccc2)=CN1C(=O)c1ccccn1. The summed E-state index contributed by atoms with van der Waals surface area (Å²) in [4.78, 5) is 71.5. The summed E-state index contributed by atoms with van der Waals surface area (Å²) in [5, 5.41) is 11.9. The van der Waals surface area contributed by atoms with Gasteiger partial charge in [-0.15, -0.1) is 0 Å². The number of pyridine rings is 1. The molecule has 0 saturated heterocycles. The van der Waals surface area contributed by atoms with E-state index >= 15 is 0 Å². The molecule has 1 unspecified atom stereocenters. The first-order chi connectivity index (χ1) is 19.7. The summed E-state index contributed by atoms with van der Waals surface area (Å²) in [6.45, 7) is 3.09. The minimum absolute atomic E-state index is 0.0337. The number of rotatable bonds is 10. The number of hydrogen-bond donors (Lipinski definition) is 2. The fourth-order valence-electron chi connectivity index (χ4n) is 4.69. The number of ketones is 1. The lowest BCUT2D eigenvalue weighted by atomic mass is 9.96. The number of carboxylic acid groups (broad SMARTS) is 1. The van der Waals surface area contributed by atoms with Gasteiger partial charge in [-0.3, -0.25) is 34.0 Å². The van der Waals surface area contributed by atoms with E-state index in [0.29, 0.717) is 16.8 Å². The number of nitrogens with one attached hydrogen (secondary N) is 1. The van der Waals surface area contributed by atoms with Crippen molar-refractivity contribution < 1.29 is 29.1 Å². The van der Waals surface area contributed by atoms with Gasteiger partial charge in [-0.05, 0) is 29.2 Å². The van der Waals surface area contributed by atoms with Gasteiger partial charge in [-0.25, -0.2) is 4.79 Å². The number of amides is 3. The third kappa shape index (κ3) is 6.73. The van der Waals surface area contributed by atoms with E-state index in [1.54, 1.807) is 92.7 Å². The Bertz CT molecular complexity index is 1460. The van der Waals surface area contributed by atoms with Crippen molar-refractivity contribution in [2.24, 2.45) is 5.92 Å². The molecule has 0 radical (unpaired) electrons. The summed E-state index contributed by atoms with van der Waals surface area (Å²) in [7, 11) is 0. The van der Waals surface area contributed by atoms with Crippen LogP contribution in [0.2, 0.25) is 0 Å². The number of nitrogens with zero attached hydrogens (tertiary/aromatic N) is 3. The summed E-state index contributed by atoms with van der Waals surface area (Å²) < 4.78 is 0. The standard InChI is InChI=1S/C31H30N4O6/c1-20(2)27-30(39)34(19-26(36)33-24(28(37)31(40)41)17-21-11-5-3-6-12-21)25(22-13-7-4-8-14-22)18-35(27)29(38)23-15-9-10-16-32-23/h3-16,18,20,24,27H,17,19H2,1-2H3,(H,33,36)(H,40,41)/t24-,27?/m0/s1. The van der Waals surface area contributed by atoms with E-state index in [-0.39, 0.29) is 18.0 Å². The van der Waals surface area contributed by atoms with Crippen molar-refractivity contribution in [3.8, 4) is 0 Å². The molecule has 4 rings (SSSR count). The van der Waals surface area contributed by atoms with Crippen LogP contribution < -0.4 is 5.32 Å². The highest BCUT2D eigenvalue weighted by Gasteiger charge is 2.42. The predicted molar refractivity (Wildman–Crippen MR) is 150 cm³/mol. The topological polar surface area (TPSA) is 137 Å². The van der Waals surface area contributed by atoms with Gasteiger partial charge in [0.15, 0.2) is 0 Å². The molecule has 1 aromatic heterocycles. The smallest absolute Gasteiger partial charge is 0.374 e. The second kappa shape index (κ2) is 12.8. The molecular formula is C31H30N4O6. The molecule has 0 spiro atoms. The largest absolute Gasteiger partial charge is 0.475 e. The Hall–Kier alpha value is -5.12. The molecule has 210 valence electrons. The molecule has 10 heteroatoms. The Kier molecular flexibility index (Phi) is 9.03. The molecule has 1 aliphatic rings. The summed E-state index contributed by atoms with van der Waals surface area (Å²) in [5.41, 5.74) is 1.71. The van der Waals surface area contributed by atoms with Crippen LogP contribution >= 0.6 is 0 Å². The number of hydrogen-bond acceptors (Lipinski definition) is 6. The predicted octanol–water partition coefficient (Wildman–Crippen LogP) is 2.77. The maximum absolute atomic E-state index is 14.0. The monoisotopic (exact) mass is 554 g/mol. The fraction of sp³-hybridized carbons (Fsp3) is 0.226. The molecule has 0 saturated carbocycles. The third-order valence-electron chi connectivity index (χ3n) is 6.64. The van der Waals surface area contributed by atoms with Gasteiger partial charge in [0.25, 0.3) is 17.6 Å². The number of carboxylic acids is 1. The second-order valence-electron chi connectivity index (χ2n) is 9.90. The summed E-state index contributed by atoms with van der Waals surface area (Å²) in [6.07, 6.45) is 3.00. The van der Waals surface area contributed by atoms with Crippen LogP contribution in [0.25, 0.3) is 5.70 Å². The van der Waals surface area contributed by atoms with E-state index in [0.717, 1.165) is 0 Å². The van der Waals surface area contributed by atoms with E-state index in [9.17, 15) is 29.1 Å². The average Bonchev–Trinajstić information content (AvgIpc) is 2.98. The van der Waals surface area contributed by atoms with Crippen LogP contribution in [0, 0.1) is 5.92 Å². The third-order valence-corrected chi connectivity index (χ3v) is 6.64. The lowest BCUT2D eigenvalue weighted by molar-refractivity contribution is -0.150. The highest BCUT2D eigenvalue weighted by atomic mass is 16.4. The Labute approximate surface area is 237 Å². The van der Waals surface area contributed by atoms with Gasteiger partial charge in [0.1, 0.15) is 24.3 Å². The fourth-order valence-corrected chi connectivity index (χ4v) is 4.69. The molecule has 0 aliphatic carbocycles. The molecule has 2 aromatic carbocycles. The second-order valence-corrected chi connectivity index (χ2v) is 9.90. The van der Waals surface area contributed by atoms with Crippen molar-refractivity contribution in [2.75, 3.05) is 6.54 Å². The van der Waals surface area contributed by atoms with Crippen LogP contribution in [0.3, 0.4) is 0 Å². The van der Waals surface area contributed by atoms with Gasteiger partial charge in [-0.1, -0.05) is 80.6 Å². The van der Waals surface area contributed by atoms with Crippen LogP contribution in [0.15, 0.2) is 91.3 Å². The molecule has 2 heterocycles. The summed E-state index contributed by atoms with van der Waals surface area (Å²) in [5.74, 6) is -4.85. The Morgan fingerprint density at radius 3 is 2.15 bits per heavy atom. The molecule has 1 aliphatic heterocycles. The highest BCUT2D eigenvalue weighted by Crippen LogP contribution is 2.30. The number of carbonyl (C=O) groups excluding carboxylic acids is 4. The molecule has 2 atom stereocenters. The Balaban J connectivity index is 1.68. The number of aliphatic carboxylic acids is 1. The quantitative estimate of drug-likeness (QED) is 0.368. The number of Topliss-reactive ketones (excluding diaryl/α,β-unsaturated/α-hetero) is 1. The Morgan fingerprint density at radius 1 is 0.927 bits per heavy atom. The van der Waals surface area contributed by atoms with Crippen molar-refractivity contribution >= 4 is 35.2 Å². The minimum Gasteiger partial charge on any atom is -0.475 e. The zero-order valence-electron chi connectivity index (χ0n) is 22.6. The zero-order valence-corrected chi connectivity index (χ0v) is 22.6. The van der Waals surface area contributed by atoms with Gasteiger partial charge in [0.2, 0.25) is 5.91 Å². The molecule has 3 aromatic rings. The van der Waals surface area contributed by atoms with Crippen molar-refractivity contribution in [2.45, 2.75) is 32.4 Å². The lowest BCUT2D eigenvalue weighted by Gasteiger charge is -2.41. The van der Waals surface area contributed by atoms with Crippen LogP contribution in [-0.2, 0) is 25.6 Å². The van der Waals surface area contributed by atoms with Gasteiger partial charge in [0.05, 0.1) is 5.70 Å². The van der Waals surface area contributed by atoms with Crippen LogP contribution in [-0.4, -0.2) is 68.0 Å². The maximum atomic E-state index is 14.0. The first-order valence-electron chi connectivity index (χ1n) is 13.1. The van der Waals surface area contributed by atoms with Gasteiger partial charge >= 0.3 is 5.97 Å². The van der Waals surface area contributed by atoms with E-state index in [1.807, 2.05) is 0 Å². The van der Waals surface area contributed by atoms with E-state index in [4.69, 9.17) is 0 Å². The molecule has 41 heavy (non-hydrogen) atoms. The molecule has 10 nitrogen and oxygen atoms in total. The van der Waals surface area contributed by atoms with E-state index < -0.39 is 48.1 Å². The first kappa shape index (κ1) is 28.9. The van der Waals surface area contributed by atoms with Crippen molar-refractivity contribution in [3.63, 3.8) is 0 Å². The first-order valence-corrected chi connectivity index (χ1v) is 13.1. The molecule has 0 fully saturated rings. The minimum atomic E-state index is -1.67. The number of benzene rings is 2. The zero-order chi connectivity index (χ0) is 29.5. The molecule has 2 N–H and O–H groups in total. The normalized spacial score (nSPS) is 15.7. The number of aromatic nitrogens is 1. The summed E-state index contributed by atoms with van der Waals surface area (Å²) in [6, 6.07) is 20.2. The van der Waals surface area contributed by atoms with Crippen LogP contribution in [0.4, 0.5) is 0 Å². The van der Waals surface area contributed by atoms with Gasteiger partial charge in [-0.2, -0.15) is 0 Å². The lowest BCUT2D eigenvalue weighted by Crippen LogP contribution is -2.57. The highest BCUT2D eigenvalue weighted by molar-refractivity contribution is 6.35. The van der Waals surface area contributed by atoms with Gasteiger partial charge < -0.3 is 10.4 Å². The number of carbonyl (C=O) groups is 5. The molecule has 0 bridgehead atoms. The average molecular weight is 555 g/mol. The van der Waals surface area contributed by atoms with E-state index in [2.05, 4.69) is 10.3 Å². The van der Waals surface area contributed by atoms with Crippen molar-refractivity contribution in [3.05, 3.63) is 108 Å². The van der Waals surface area contributed by atoms with Crippen LogP contribution in [0.5, 0.6) is 0 Å². The Morgan fingerprint density at radius 2 is 1.56 bits per heavy atom. The summed E-state index contributed by atoms with van der Waals surface area (Å²) >= 11 is 0. The van der Waals surface area contributed by atoms with Crippen LogP contribution in [0.1, 0.15) is 35.5 Å². The van der Waals surface area contributed by atoms with E-state index in [1.165, 1.54) is 22.2 Å². The molecule has 3 amide bonds.